The zero-order valence-electron chi connectivity index (χ0n) is 10.9. The molecule has 1 aliphatic carbocycles. The van der Waals surface area contributed by atoms with Gasteiger partial charge in [0, 0.05) is 45.1 Å². The lowest BCUT2D eigenvalue weighted by Crippen LogP contribution is -2.43. The van der Waals surface area contributed by atoms with Gasteiger partial charge in [0.05, 0.1) is 6.10 Å². The Morgan fingerprint density at radius 3 is 3.00 bits per heavy atom. The smallest absolute Gasteiger partial charge is 0.0724 e. The maximum Gasteiger partial charge on any atom is 0.0724 e. The molecule has 1 aliphatic rings. The number of hydrogen-bond acceptors (Lipinski definition) is 3. The molecule has 0 aliphatic heterocycles. The van der Waals surface area contributed by atoms with Gasteiger partial charge in [-0.3, -0.25) is 4.68 Å². The molecule has 1 fully saturated rings. The van der Waals surface area contributed by atoms with Crippen molar-refractivity contribution < 1.29 is 4.74 Å². The Morgan fingerprint density at radius 1 is 1.47 bits per heavy atom. The predicted molar refractivity (Wildman–Crippen MR) is 68.0 cm³/mol. The molecule has 17 heavy (non-hydrogen) atoms. The van der Waals surface area contributed by atoms with E-state index in [2.05, 4.69) is 16.5 Å². The Bertz CT molecular complexity index is 337. The number of hydrogen-bond donors (Lipinski definition) is 1. The fourth-order valence-electron chi connectivity index (χ4n) is 2.64. The molecule has 1 aromatic heterocycles. The van der Waals surface area contributed by atoms with Crippen molar-refractivity contribution in [2.24, 2.45) is 7.05 Å². The number of aryl methyl sites for hydroxylation is 1. The van der Waals surface area contributed by atoms with Crippen LogP contribution in [0.25, 0.3) is 0 Å². The minimum absolute atomic E-state index is 0.398. The van der Waals surface area contributed by atoms with E-state index in [-0.39, 0.29) is 0 Å². The number of nitrogens with one attached hydrogen (secondary N) is 1. The molecule has 0 radical (unpaired) electrons. The van der Waals surface area contributed by atoms with Crippen LogP contribution >= 0.6 is 0 Å². The summed E-state index contributed by atoms with van der Waals surface area (Å²) in [6, 6.07) is 2.61. The van der Waals surface area contributed by atoms with Crippen LogP contribution in [0.3, 0.4) is 0 Å². The summed E-state index contributed by atoms with van der Waals surface area (Å²) in [6.45, 7) is 1.00. The second-order valence-corrected chi connectivity index (χ2v) is 4.82. The van der Waals surface area contributed by atoms with E-state index in [9.17, 15) is 0 Å². The van der Waals surface area contributed by atoms with Crippen LogP contribution in [0.1, 0.15) is 31.4 Å². The summed E-state index contributed by atoms with van der Waals surface area (Å²) in [6.07, 6.45) is 8.35. The molecule has 0 aromatic carbocycles. The average molecular weight is 237 g/mol. The lowest BCUT2D eigenvalue weighted by molar-refractivity contribution is 0.0421. The van der Waals surface area contributed by atoms with E-state index < -0.39 is 0 Å². The topological polar surface area (TPSA) is 39.1 Å². The van der Waals surface area contributed by atoms with Crippen LogP contribution in [-0.4, -0.2) is 35.6 Å². The molecule has 1 heterocycles. The SMILES string of the molecule is COC1CCCCC1NCCc1ccnn1C. The van der Waals surface area contributed by atoms with Crippen LogP contribution in [0.4, 0.5) is 0 Å². The summed E-state index contributed by atoms with van der Waals surface area (Å²) in [4.78, 5) is 0. The quantitative estimate of drug-likeness (QED) is 0.843. The summed E-state index contributed by atoms with van der Waals surface area (Å²) in [7, 11) is 3.82. The van der Waals surface area contributed by atoms with Crippen LogP contribution in [0.2, 0.25) is 0 Å². The second kappa shape index (κ2) is 6.17. The summed E-state index contributed by atoms with van der Waals surface area (Å²) in [5.74, 6) is 0. The molecule has 2 unspecified atom stereocenters. The second-order valence-electron chi connectivity index (χ2n) is 4.82. The first-order valence-electron chi connectivity index (χ1n) is 6.54. The first-order valence-corrected chi connectivity index (χ1v) is 6.54. The van der Waals surface area contributed by atoms with Crippen molar-refractivity contribution >= 4 is 0 Å². The molecule has 1 N–H and O–H groups in total. The standard InChI is InChI=1S/C13H23N3O/c1-16-11(8-10-15-16)7-9-14-12-5-3-4-6-13(12)17-2/h8,10,12-14H,3-7,9H2,1-2H3. The Labute approximate surface area is 103 Å². The molecule has 0 amide bonds. The highest BCUT2D eigenvalue weighted by atomic mass is 16.5. The Balaban J connectivity index is 1.75. The molecule has 4 heteroatoms. The minimum Gasteiger partial charge on any atom is -0.380 e. The van der Waals surface area contributed by atoms with Crippen molar-refractivity contribution in [1.29, 1.82) is 0 Å². The number of rotatable bonds is 5. The average Bonchev–Trinajstić information content (AvgIpc) is 2.76. The van der Waals surface area contributed by atoms with Gasteiger partial charge < -0.3 is 10.1 Å². The Kier molecular flexibility index (Phi) is 4.57. The van der Waals surface area contributed by atoms with Gasteiger partial charge in [0.1, 0.15) is 0 Å². The summed E-state index contributed by atoms with van der Waals surface area (Å²) < 4.78 is 7.48. The zero-order valence-corrected chi connectivity index (χ0v) is 10.9. The molecule has 0 bridgehead atoms. The lowest BCUT2D eigenvalue weighted by atomic mass is 9.92. The minimum atomic E-state index is 0.398. The normalized spacial score (nSPS) is 25.1. The molecule has 2 rings (SSSR count). The maximum atomic E-state index is 5.54. The number of ether oxygens (including phenoxy) is 1. The number of methoxy groups -OCH3 is 1. The fraction of sp³-hybridized carbons (Fsp3) is 0.769. The highest BCUT2D eigenvalue weighted by Gasteiger charge is 2.23. The van der Waals surface area contributed by atoms with Crippen molar-refractivity contribution in [3.05, 3.63) is 18.0 Å². The number of nitrogens with zero attached hydrogens (tertiary/aromatic N) is 2. The van der Waals surface area contributed by atoms with Gasteiger partial charge in [0.15, 0.2) is 0 Å². The molecule has 0 spiro atoms. The van der Waals surface area contributed by atoms with Crippen LogP contribution in [0, 0.1) is 0 Å². The zero-order chi connectivity index (χ0) is 12.1. The largest absolute Gasteiger partial charge is 0.380 e. The van der Waals surface area contributed by atoms with Crippen LogP contribution in [0.5, 0.6) is 0 Å². The van der Waals surface area contributed by atoms with Crippen molar-refractivity contribution in [2.75, 3.05) is 13.7 Å². The van der Waals surface area contributed by atoms with Crippen molar-refractivity contribution in [3.63, 3.8) is 0 Å². The lowest BCUT2D eigenvalue weighted by Gasteiger charge is -2.31. The summed E-state index contributed by atoms with van der Waals surface area (Å²) in [5.41, 5.74) is 1.28. The van der Waals surface area contributed by atoms with Gasteiger partial charge in [0.2, 0.25) is 0 Å². The van der Waals surface area contributed by atoms with E-state index in [0.717, 1.165) is 13.0 Å². The predicted octanol–water partition coefficient (Wildman–Crippen LogP) is 1.51. The summed E-state index contributed by atoms with van der Waals surface area (Å²) in [5, 5.41) is 7.80. The highest BCUT2D eigenvalue weighted by Crippen LogP contribution is 2.20. The van der Waals surface area contributed by atoms with Gasteiger partial charge in [-0.05, 0) is 18.9 Å². The van der Waals surface area contributed by atoms with Gasteiger partial charge in [0.25, 0.3) is 0 Å². The molecule has 1 aromatic rings. The fourth-order valence-corrected chi connectivity index (χ4v) is 2.64. The first-order chi connectivity index (χ1) is 8.31. The van der Waals surface area contributed by atoms with Gasteiger partial charge in [-0.25, -0.2) is 0 Å². The molecule has 96 valence electrons. The van der Waals surface area contributed by atoms with E-state index >= 15 is 0 Å². The van der Waals surface area contributed by atoms with Gasteiger partial charge >= 0.3 is 0 Å². The maximum absolute atomic E-state index is 5.54. The van der Waals surface area contributed by atoms with Gasteiger partial charge in [-0.15, -0.1) is 0 Å². The molecular weight excluding hydrogens is 214 g/mol. The third-order valence-corrected chi connectivity index (χ3v) is 3.72. The van der Waals surface area contributed by atoms with E-state index in [1.165, 1.54) is 31.4 Å². The number of aromatic nitrogens is 2. The van der Waals surface area contributed by atoms with E-state index in [0.29, 0.717) is 12.1 Å². The van der Waals surface area contributed by atoms with Crippen molar-refractivity contribution in [3.8, 4) is 0 Å². The molecule has 2 atom stereocenters. The van der Waals surface area contributed by atoms with Crippen LogP contribution < -0.4 is 5.32 Å². The van der Waals surface area contributed by atoms with E-state index in [4.69, 9.17) is 4.74 Å². The van der Waals surface area contributed by atoms with Crippen molar-refractivity contribution in [2.45, 2.75) is 44.2 Å². The van der Waals surface area contributed by atoms with Gasteiger partial charge in [-0.2, -0.15) is 5.10 Å². The monoisotopic (exact) mass is 237 g/mol. The molecular formula is C13H23N3O. The molecule has 0 saturated heterocycles. The molecule has 4 nitrogen and oxygen atoms in total. The Morgan fingerprint density at radius 2 is 2.29 bits per heavy atom. The summed E-state index contributed by atoms with van der Waals surface area (Å²) >= 11 is 0. The third kappa shape index (κ3) is 3.30. The van der Waals surface area contributed by atoms with Gasteiger partial charge in [-0.1, -0.05) is 12.8 Å². The van der Waals surface area contributed by atoms with E-state index in [1.54, 1.807) is 0 Å². The Hall–Kier alpha value is -0.870. The van der Waals surface area contributed by atoms with Crippen molar-refractivity contribution in [1.82, 2.24) is 15.1 Å². The third-order valence-electron chi connectivity index (χ3n) is 3.72. The van der Waals surface area contributed by atoms with Crippen LogP contribution in [-0.2, 0) is 18.2 Å². The highest BCUT2D eigenvalue weighted by molar-refractivity contribution is 5.00. The van der Waals surface area contributed by atoms with E-state index in [1.807, 2.05) is 25.0 Å². The first kappa shape index (κ1) is 12.6. The molecule has 1 saturated carbocycles. The van der Waals surface area contributed by atoms with Crippen LogP contribution in [0.15, 0.2) is 12.3 Å².